The third-order valence-electron chi connectivity index (χ3n) is 4.80. The molecule has 0 spiro atoms. The molecule has 1 atom stereocenters. The summed E-state index contributed by atoms with van der Waals surface area (Å²) in [6.45, 7) is 4.45. The normalized spacial score (nSPS) is 24.6. The van der Waals surface area contributed by atoms with Crippen molar-refractivity contribution in [1.29, 1.82) is 0 Å². The molecule has 0 saturated heterocycles. The largest absolute Gasteiger partial charge is 0.293 e. The zero-order valence-electron chi connectivity index (χ0n) is 13.0. The first-order valence-corrected chi connectivity index (χ1v) is 7.94. The number of nitrogens with zero attached hydrogens (tertiary/aromatic N) is 1. The Hall–Kier alpha value is -1.15. The standard InChI is InChI=1S/C18H27NO/c1-4-17(18(20)15-8-6-5-7-9-15)19(3)16-12-10-14(2)11-13-16/h5-9,14,16-17H,4,10-13H2,1-3H3. The van der Waals surface area contributed by atoms with Gasteiger partial charge in [-0.15, -0.1) is 0 Å². The van der Waals surface area contributed by atoms with Crippen LogP contribution in [0.15, 0.2) is 30.3 Å². The molecule has 1 unspecified atom stereocenters. The van der Waals surface area contributed by atoms with Crippen LogP contribution in [0.5, 0.6) is 0 Å². The van der Waals surface area contributed by atoms with Gasteiger partial charge in [-0.1, -0.05) is 44.2 Å². The van der Waals surface area contributed by atoms with Crippen LogP contribution in [0, 0.1) is 5.92 Å². The summed E-state index contributed by atoms with van der Waals surface area (Å²) < 4.78 is 0. The summed E-state index contributed by atoms with van der Waals surface area (Å²) >= 11 is 0. The minimum atomic E-state index is 0.0239. The van der Waals surface area contributed by atoms with Crippen molar-refractivity contribution >= 4 is 5.78 Å². The molecular formula is C18H27NO. The SMILES string of the molecule is CCC(C(=O)c1ccccc1)N(C)C1CCC(C)CC1. The molecule has 0 amide bonds. The molecule has 110 valence electrons. The Balaban J connectivity index is 2.05. The molecule has 1 fully saturated rings. The summed E-state index contributed by atoms with van der Waals surface area (Å²) in [6.07, 6.45) is 5.94. The van der Waals surface area contributed by atoms with Gasteiger partial charge in [-0.25, -0.2) is 0 Å². The van der Waals surface area contributed by atoms with Crippen molar-refractivity contribution < 1.29 is 4.79 Å². The highest BCUT2D eigenvalue weighted by Crippen LogP contribution is 2.28. The fourth-order valence-electron chi connectivity index (χ4n) is 3.36. The summed E-state index contributed by atoms with van der Waals surface area (Å²) in [7, 11) is 2.13. The highest BCUT2D eigenvalue weighted by atomic mass is 16.1. The summed E-state index contributed by atoms with van der Waals surface area (Å²) in [5.41, 5.74) is 0.843. The minimum Gasteiger partial charge on any atom is -0.293 e. The number of carbonyl (C=O) groups excluding carboxylic acids is 1. The number of benzene rings is 1. The van der Waals surface area contributed by atoms with Crippen LogP contribution in [0.25, 0.3) is 0 Å². The van der Waals surface area contributed by atoms with Gasteiger partial charge in [-0.2, -0.15) is 0 Å². The van der Waals surface area contributed by atoms with Crippen molar-refractivity contribution in [2.45, 2.75) is 58.0 Å². The lowest BCUT2D eigenvalue weighted by Crippen LogP contribution is -2.45. The molecule has 1 aromatic carbocycles. The van der Waals surface area contributed by atoms with Crippen LogP contribution >= 0.6 is 0 Å². The Morgan fingerprint density at radius 2 is 1.80 bits per heavy atom. The third-order valence-corrected chi connectivity index (χ3v) is 4.80. The molecule has 0 aromatic heterocycles. The summed E-state index contributed by atoms with van der Waals surface area (Å²) in [5.74, 6) is 1.12. The van der Waals surface area contributed by atoms with E-state index >= 15 is 0 Å². The van der Waals surface area contributed by atoms with E-state index in [-0.39, 0.29) is 11.8 Å². The van der Waals surface area contributed by atoms with E-state index in [1.807, 2.05) is 30.3 Å². The Morgan fingerprint density at radius 1 is 1.20 bits per heavy atom. The molecule has 0 radical (unpaired) electrons. The number of ketones is 1. The second-order valence-corrected chi connectivity index (χ2v) is 6.23. The average molecular weight is 273 g/mol. The molecule has 2 nitrogen and oxygen atoms in total. The first-order valence-electron chi connectivity index (χ1n) is 7.94. The quantitative estimate of drug-likeness (QED) is 0.751. The highest BCUT2D eigenvalue weighted by molar-refractivity contribution is 6.00. The number of rotatable bonds is 5. The number of hydrogen-bond donors (Lipinski definition) is 0. The molecule has 1 aromatic rings. The van der Waals surface area contributed by atoms with Crippen LogP contribution in [0.4, 0.5) is 0 Å². The van der Waals surface area contributed by atoms with Crippen molar-refractivity contribution in [3.8, 4) is 0 Å². The van der Waals surface area contributed by atoms with Crippen LogP contribution in [-0.2, 0) is 0 Å². The van der Waals surface area contributed by atoms with E-state index in [9.17, 15) is 4.79 Å². The van der Waals surface area contributed by atoms with Gasteiger partial charge in [0.2, 0.25) is 0 Å². The van der Waals surface area contributed by atoms with Crippen LogP contribution in [0.2, 0.25) is 0 Å². The Kier molecular flexibility index (Phi) is 5.36. The first kappa shape index (κ1) is 15.2. The molecule has 2 rings (SSSR count). The van der Waals surface area contributed by atoms with E-state index in [1.165, 1.54) is 25.7 Å². The van der Waals surface area contributed by atoms with E-state index < -0.39 is 0 Å². The lowest BCUT2D eigenvalue weighted by Gasteiger charge is -2.37. The average Bonchev–Trinajstić information content (AvgIpc) is 2.49. The van der Waals surface area contributed by atoms with E-state index in [2.05, 4.69) is 25.8 Å². The van der Waals surface area contributed by atoms with Gasteiger partial charge < -0.3 is 0 Å². The smallest absolute Gasteiger partial charge is 0.179 e. The topological polar surface area (TPSA) is 20.3 Å². The molecule has 0 N–H and O–H groups in total. The van der Waals surface area contributed by atoms with Gasteiger partial charge in [0.15, 0.2) is 5.78 Å². The van der Waals surface area contributed by atoms with Gasteiger partial charge in [0.25, 0.3) is 0 Å². The molecule has 0 heterocycles. The zero-order chi connectivity index (χ0) is 14.5. The van der Waals surface area contributed by atoms with E-state index in [0.29, 0.717) is 6.04 Å². The summed E-state index contributed by atoms with van der Waals surface area (Å²) in [5, 5.41) is 0. The molecule has 0 aliphatic heterocycles. The highest BCUT2D eigenvalue weighted by Gasteiger charge is 2.29. The molecule has 20 heavy (non-hydrogen) atoms. The van der Waals surface area contributed by atoms with Gasteiger partial charge in [0.1, 0.15) is 0 Å². The molecular weight excluding hydrogens is 246 g/mol. The van der Waals surface area contributed by atoms with Gasteiger partial charge in [0, 0.05) is 11.6 Å². The Bertz CT molecular complexity index is 420. The van der Waals surface area contributed by atoms with Crippen molar-refractivity contribution in [1.82, 2.24) is 4.90 Å². The molecule has 1 aliphatic carbocycles. The second-order valence-electron chi connectivity index (χ2n) is 6.23. The van der Waals surface area contributed by atoms with Crippen LogP contribution in [-0.4, -0.2) is 29.8 Å². The summed E-state index contributed by atoms with van der Waals surface area (Å²) in [6, 6.07) is 10.3. The Labute approximate surface area is 123 Å². The molecule has 1 saturated carbocycles. The predicted molar refractivity (Wildman–Crippen MR) is 84.0 cm³/mol. The Morgan fingerprint density at radius 3 is 2.35 bits per heavy atom. The van der Waals surface area contributed by atoms with Gasteiger partial charge >= 0.3 is 0 Å². The molecule has 1 aliphatic rings. The monoisotopic (exact) mass is 273 g/mol. The number of carbonyl (C=O) groups is 1. The van der Waals surface area contributed by atoms with Gasteiger partial charge in [0.05, 0.1) is 6.04 Å². The van der Waals surface area contributed by atoms with Crippen LogP contribution in [0.1, 0.15) is 56.3 Å². The van der Waals surface area contributed by atoms with Crippen molar-refractivity contribution in [2.75, 3.05) is 7.05 Å². The van der Waals surface area contributed by atoms with Crippen molar-refractivity contribution in [3.05, 3.63) is 35.9 Å². The fraction of sp³-hybridized carbons (Fsp3) is 0.611. The molecule has 0 bridgehead atoms. The van der Waals surface area contributed by atoms with Crippen molar-refractivity contribution in [2.24, 2.45) is 5.92 Å². The number of likely N-dealkylation sites (N-methyl/N-ethyl adjacent to an activating group) is 1. The maximum Gasteiger partial charge on any atom is 0.179 e. The zero-order valence-corrected chi connectivity index (χ0v) is 13.0. The molecule has 2 heteroatoms. The van der Waals surface area contributed by atoms with E-state index in [4.69, 9.17) is 0 Å². The lowest BCUT2D eigenvalue weighted by atomic mass is 9.85. The van der Waals surface area contributed by atoms with Crippen LogP contribution in [0.3, 0.4) is 0 Å². The van der Waals surface area contributed by atoms with Crippen molar-refractivity contribution in [3.63, 3.8) is 0 Å². The maximum absolute atomic E-state index is 12.7. The van der Waals surface area contributed by atoms with E-state index in [0.717, 1.165) is 17.9 Å². The lowest BCUT2D eigenvalue weighted by molar-refractivity contribution is 0.0720. The second kappa shape index (κ2) is 7.03. The first-order chi connectivity index (χ1) is 9.63. The maximum atomic E-state index is 12.7. The van der Waals surface area contributed by atoms with Gasteiger partial charge in [-0.05, 0) is 45.1 Å². The number of Topliss-reactive ketones (excluding diaryl/α,β-unsaturated/α-hetero) is 1. The minimum absolute atomic E-state index is 0.0239. The number of hydrogen-bond acceptors (Lipinski definition) is 2. The van der Waals surface area contributed by atoms with E-state index in [1.54, 1.807) is 0 Å². The van der Waals surface area contributed by atoms with Crippen LogP contribution < -0.4 is 0 Å². The predicted octanol–water partition coefficient (Wildman–Crippen LogP) is 4.16. The summed E-state index contributed by atoms with van der Waals surface area (Å²) in [4.78, 5) is 15.0. The third kappa shape index (κ3) is 3.49. The van der Waals surface area contributed by atoms with Gasteiger partial charge in [-0.3, -0.25) is 9.69 Å². The fourth-order valence-corrected chi connectivity index (χ4v) is 3.36.